The first-order valence-electron chi connectivity index (χ1n) is 8.34. The van der Waals surface area contributed by atoms with Gasteiger partial charge in [0.1, 0.15) is 10.7 Å². The third-order valence-corrected chi connectivity index (χ3v) is 4.27. The minimum Gasteiger partial charge on any atom is -0.452 e. The Balaban J connectivity index is 1.49. The van der Waals surface area contributed by atoms with Crippen molar-refractivity contribution in [1.82, 2.24) is 24.9 Å². The molecule has 3 aromatic heterocycles. The van der Waals surface area contributed by atoms with Crippen molar-refractivity contribution in [2.45, 2.75) is 13.5 Å². The highest BCUT2D eigenvalue weighted by atomic mass is 35.5. The fourth-order valence-corrected chi connectivity index (χ4v) is 2.95. The molecule has 9 heteroatoms. The van der Waals surface area contributed by atoms with Gasteiger partial charge in [0, 0.05) is 18.0 Å². The zero-order valence-electron chi connectivity index (χ0n) is 14.7. The smallest absolute Gasteiger partial charge is 0.343 e. The number of rotatable bonds is 5. The number of esters is 1. The molecule has 3 heterocycles. The fraction of sp³-hybridized carbons (Fsp3) is 0.105. The summed E-state index contributed by atoms with van der Waals surface area (Å²) in [5.41, 5.74) is 2.09. The summed E-state index contributed by atoms with van der Waals surface area (Å²) in [6, 6.07) is 12.8. The van der Waals surface area contributed by atoms with E-state index in [1.807, 2.05) is 30.3 Å². The van der Waals surface area contributed by atoms with Crippen molar-refractivity contribution in [3.8, 4) is 17.1 Å². The van der Waals surface area contributed by atoms with Crippen LogP contribution in [-0.2, 0) is 11.3 Å². The number of hydrogen-bond donors (Lipinski definition) is 0. The number of ether oxygens (including phenoxy) is 1. The fourth-order valence-electron chi connectivity index (χ4n) is 2.60. The Hall–Kier alpha value is -3.52. The number of aryl methyl sites for hydroxylation is 1. The van der Waals surface area contributed by atoms with Crippen LogP contribution in [0.4, 0.5) is 0 Å². The van der Waals surface area contributed by atoms with E-state index in [4.69, 9.17) is 20.9 Å². The zero-order valence-corrected chi connectivity index (χ0v) is 15.5. The Morgan fingerprint density at radius 2 is 2.04 bits per heavy atom. The molecule has 1 aromatic carbocycles. The molecule has 0 N–H and O–H groups in total. The van der Waals surface area contributed by atoms with Gasteiger partial charge in [0.2, 0.25) is 5.82 Å². The number of carbonyl (C=O) groups is 1. The predicted molar refractivity (Wildman–Crippen MR) is 100.0 cm³/mol. The summed E-state index contributed by atoms with van der Waals surface area (Å²) < 4.78 is 11.9. The van der Waals surface area contributed by atoms with Gasteiger partial charge in [0.15, 0.2) is 6.61 Å². The van der Waals surface area contributed by atoms with Crippen molar-refractivity contribution >= 4 is 17.6 Å². The number of carbonyl (C=O) groups excluding carboxylic acids is 1. The minimum absolute atomic E-state index is 0.163. The monoisotopic (exact) mass is 395 g/mol. The normalized spacial score (nSPS) is 10.8. The maximum Gasteiger partial charge on any atom is 0.343 e. The Bertz CT molecular complexity index is 1110. The third-order valence-electron chi connectivity index (χ3n) is 3.92. The number of para-hydroxylation sites is 1. The number of aromatic nitrogens is 5. The molecule has 0 atom stereocenters. The molecule has 0 radical (unpaired) electrons. The second kappa shape index (κ2) is 7.61. The average molecular weight is 396 g/mol. The predicted octanol–water partition coefficient (Wildman–Crippen LogP) is 3.64. The lowest BCUT2D eigenvalue weighted by atomic mass is 10.2. The summed E-state index contributed by atoms with van der Waals surface area (Å²) >= 11 is 6.37. The van der Waals surface area contributed by atoms with E-state index in [2.05, 4.69) is 20.2 Å². The van der Waals surface area contributed by atoms with Crippen LogP contribution in [-0.4, -0.2) is 30.9 Å². The summed E-state index contributed by atoms with van der Waals surface area (Å²) in [7, 11) is 0. The van der Waals surface area contributed by atoms with E-state index in [0.29, 0.717) is 17.1 Å². The Morgan fingerprint density at radius 3 is 2.79 bits per heavy atom. The van der Waals surface area contributed by atoms with Gasteiger partial charge >= 0.3 is 5.97 Å². The van der Waals surface area contributed by atoms with Crippen molar-refractivity contribution in [3.05, 3.63) is 77.2 Å². The van der Waals surface area contributed by atoms with Crippen LogP contribution in [0.5, 0.6) is 0 Å². The molecule has 0 fully saturated rings. The summed E-state index contributed by atoms with van der Waals surface area (Å²) in [6.45, 7) is 1.51. The van der Waals surface area contributed by atoms with Gasteiger partial charge in [-0.05, 0) is 31.2 Å². The third kappa shape index (κ3) is 3.49. The molecule has 0 spiro atoms. The number of pyridine rings is 1. The highest BCUT2D eigenvalue weighted by Crippen LogP contribution is 2.24. The number of hydrogen-bond acceptors (Lipinski definition) is 7. The van der Waals surface area contributed by atoms with E-state index >= 15 is 0 Å². The number of halogens is 1. The number of benzene rings is 1. The molecular formula is C19H14ClN5O3. The Labute approximate surface area is 164 Å². The van der Waals surface area contributed by atoms with Gasteiger partial charge in [-0.15, -0.1) is 0 Å². The quantitative estimate of drug-likeness (QED) is 0.476. The maximum atomic E-state index is 12.5. The van der Waals surface area contributed by atoms with Gasteiger partial charge in [-0.1, -0.05) is 35.0 Å². The molecule has 4 rings (SSSR count). The SMILES string of the molecule is Cc1nn(-c2ccccc2)c(Cl)c1C(=O)OCc1nc(-c2cccnc2)no1. The van der Waals surface area contributed by atoms with Crippen LogP contribution < -0.4 is 0 Å². The molecule has 0 unspecified atom stereocenters. The topological polar surface area (TPSA) is 95.9 Å². The first kappa shape index (κ1) is 17.9. The van der Waals surface area contributed by atoms with Crippen LogP contribution in [0.15, 0.2) is 59.4 Å². The molecule has 140 valence electrons. The molecule has 4 aromatic rings. The highest BCUT2D eigenvalue weighted by molar-refractivity contribution is 6.33. The highest BCUT2D eigenvalue weighted by Gasteiger charge is 2.23. The molecule has 0 aliphatic carbocycles. The molecule has 0 aliphatic rings. The average Bonchev–Trinajstić information content (AvgIpc) is 3.32. The molecule has 8 nitrogen and oxygen atoms in total. The first-order valence-corrected chi connectivity index (χ1v) is 8.72. The van der Waals surface area contributed by atoms with Crippen molar-refractivity contribution in [1.29, 1.82) is 0 Å². The minimum atomic E-state index is -0.620. The van der Waals surface area contributed by atoms with Gasteiger partial charge in [-0.25, -0.2) is 9.48 Å². The van der Waals surface area contributed by atoms with Gasteiger partial charge in [0.05, 0.1) is 11.4 Å². The maximum absolute atomic E-state index is 12.5. The van der Waals surface area contributed by atoms with Crippen molar-refractivity contribution in [2.75, 3.05) is 0 Å². The summed E-state index contributed by atoms with van der Waals surface area (Å²) in [6.07, 6.45) is 3.26. The standard InChI is InChI=1S/C19H14ClN5O3/c1-12-16(17(20)25(23-12)14-7-3-2-4-8-14)19(26)27-11-15-22-18(24-28-15)13-6-5-9-21-10-13/h2-10H,11H2,1H3. The van der Waals surface area contributed by atoms with Crippen LogP contribution in [0.2, 0.25) is 5.15 Å². The lowest BCUT2D eigenvalue weighted by Gasteiger charge is -2.03. The summed E-state index contributed by atoms with van der Waals surface area (Å²) in [4.78, 5) is 20.7. The largest absolute Gasteiger partial charge is 0.452 e. The zero-order chi connectivity index (χ0) is 19.5. The molecular weight excluding hydrogens is 382 g/mol. The van der Waals surface area contributed by atoms with Gasteiger partial charge in [0.25, 0.3) is 5.89 Å². The lowest BCUT2D eigenvalue weighted by Crippen LogP contribution is -2.07. The van der Waals surface area contributed by atoms with E-state index in [-0.39, 0.29) is 23.2 Å². The van der Waals surface area contributed by atoms with E-state index in [1.165, 1.54) is 4.68 Å². The molecule has 0 aliphatic heterocycles. The molecule has 0 saturated heterocycles. The molecule has 28 heavy (non-hydrogen) atoms. The first-order chi connectivity index (χ1) is 13.6. The number of nitrogens with zero attached hydrogens (tertiary/aromatic N) is 5. The van der Waals surface area contributed by atoms with Gasteiger partial charge in [-0.2, -0.15) is 10.1 Å². The Kier molecular flexibility index (Phi) is 4.86. The second-order valence-electron chi connectivity index (χ2n) is 5.83. The summed E-state index contributed by atoms with van der Waals surface area (Å²) in [5.74, 6) is -0.0903. The van der Waals surface area contributed by atoms with Crippen molar-refractivity contribution in [3.63, 3.8) is 0 Å². The van der Waals surface area contributed by atoms with E-state index in [1.54, 1.807) is 31.5 Å². The molecule has 0 bridgehead atoms. The van der Waals surface area contributed by atoms with Crippen LogP contribution in [0.3, 0.4) is 0 Å². The van der Waals surface area contributed by atoms with Crippen LogP contribution in [0, 0.1) is 6.92 Å². The van der Waals surface area contributed by atoms with Crippen molar-refractivity contribution < 1.29 is 14.1 Å². The van der Waals surface area contributed by atoms with E-state index in [0.717, 1.165) is 5.69 Å². The van der Waals surface area contributed by atoms with E-state index < -0.39 is 5.97 Å². The summed E-state index contributed by atoms with van der Waals surface area (Å²) in [5, 5.41) is 8.36. The van der Waals surface area contributed by atoms with Crippen molar-refractivity contribution in [2.24, 2.45) is 0 Å². The molecule has 0 saturated carbocycles. The molecule has 0 amide bonds. The van der Waals surface area contributed by atoms with Gasteiger partial charge in [-0.3, -0.25) is 4.98 Å². The lowest BCUT2D eigenvalue weighted by molar-refractivity contribution is 0.0429. The van der Waals surface area contributed by atoms with E-state index in [9.17, 15) is 4.79 Å². The van der Waals surface area contributed by atoms with Crippen LogP contribution in [0.25, 0.3) is 17.1 Å². The van der Waals surface area contributed by atoms with Gasteiger partial charge < -0.3 is 9.26 Å². The second-order valence-corrected chi connectivity index (χ2v) is 6.19. The van der Waals surface area contributed by atoms with Crippen LogP contribution in [0.1, 0.15) is 21.9 Å². The van der Waals surface area contributed by atoms with Crippen LogP contribution >= 0.6 is 11.6 Å². The Morgan fingerprint density at radius 1 is 1.21 bits per heavy atom.